The lowest BCUT2D eigenvalue weighted by Crippen LogP contribution is -2.43. The fourth-order valence-corrected chi connectivity index (χ4v) is 5.12. The van der Waals surface area contributed by atoms with Gasteiger partial charge in [-0.3, -0.25) is 4.90 Å². The summed E-state index contributed by atoms with van der Waals surface area (Å²) in [6.45, 7) is 8.66. The van der Waals surface area contributed by atoms with Gasteiger partial charge in [-0.25, -0.2) is 13.1 Å². The van der Waals surface area contributed by atoms with Crippen LogP contribution in [-0.4, -0.2) is 46.2 Å². The molecule has 2 heterocycles. The maximum absolute atomic E-state index is 13.0. The van der Waals surface area contributed by atoms with E-state index in [0.717, 1.165) is 35.5 Å². The van der Waals surface area contributed by atoms with Gasteiger partial charge in [0.1, 0.15) is 5.76 Å². The number of aryl methyl sites for hydroxylation is 3. The van der Waals surface area contributed by atoms with E-state index in [4.69, 9.17) is 9.15 Å². The van der Waals surface area contributed by atoms with Crippen molar-refractivity contribution in [1.82, 2.24) is 9.62 Å². The smallest absolute Gasteiger partial charge is 0.241 e. The molecule has 0 spiro atoms. The maximum Gasteiger partial charge on any atom is 0.241 e. The summed E-state index contributed by atoms with van der Waals surface area (Å²) >= 11 is 0. The Morgan fingerprint density at radius 3 is 2.38 bits per heavy atom. The molecule has 0 radical (unpaired) electrons. The van der Waals surface area contributed by atoms with Crippen LogP contribution in [0.1, 0.15) is 28.5 Å². The first kappa shape index (κ1) is 19.1. The van der Waals surface area contributed by atoms with Gasteiger partial charge in [0.15, 0.2) is 0 Å². The molecular formula is C19H26N2O4S. The monoisotopic (exact) mass is 378 g/mol. The molecule has 1 aliphatic rings. The fraction of sp³-hybridized carbons (Fsp3) is 0.474. The van der Waals surface area contributed by atoms with E-state index in [1.165, 1.54) is 0 Å². The number of sulfonamides is 1. The number of ether oxygens (including phenoxy) is 1. The van der Waals surface area contributed by atoms with Gasteiger partial charge in [0, 0.05) is 19.6 Å². The zero-order chi connectivity index (χ0) is 18.7. The minimum Gasteiger partial charge on any atom is -0.468 e. The lowest BCUT2D eigenvalue weighted by molar-refractivity contribution is 0.0128. The molecule has 1 aliphatic heterocycles. The molecule has 6 nitrogen and oxygen atoms in total. The van der Waals surface area contributed by atoms with Gasteiger partial charge in [0.05, 0.1) is 30.4 Å². The van der Waals surface area contributed by atoms with Crippen LogP contribution in [0.3, 0.4) is 0 Å². The molecule has 0 aliphatic carbocycles. The van der Waals surface area contributed by atoms with E-state index < -0.39 is 10.0 Å². The van der Waals surface area contributed by atoms with Crippen LogP contribution in [-0.2, 0) is 14.8 Å². The van der Waals surface area contributed by atoms with Crippen LogP contribution >= 0.6 is 0 Å². The van der Waals surface area contributed by atoms with Crippen LogP contribution in [0.2, 0.25) is 0 Å². The summed E-state index contributed by atoms with van der Waals surface area (Å²) in [5.41, 5.74) is 2.58. The number of hydrogen-bond donors (Lipinski definition) is 1. The highest BCUT2D eigenvalue weighted by molar-refractivity contribution is 7.89. The molecule has 7 heteroatoms. The van der Waals surface area contributed by atoms with Gasteiger partial charge < -0.3 is 9.15 Å². The molecular weight excluding hydrogens is 352 g/mol. The van der Waals surface area contributed by atoms with Crippen LogP contribution in [0.5, 0.6) is 0 Å². The SMILES string of the molecule is Cc1cc(C)c(S(=O)(=O)NC[C@H](c2ccco2)N2CCOCC2)c(C)c1. The van der Waals surface area contributed by atoms with E-state index in [0.29, 0.717) is 18.1 Å². The van der Waals surface area contributed by atoms with Crippen molar-refractivity contribution < 1.29 is 17.6 Å². The van der Waals surface area contributed by atoms with E-state index in [1.807, 2.05) is 45.0 Å². The van der Waals surface area contributed by atoms with Crippen molar-refractivity contribution in [2.24, 2.45) is 0 Å². The summed E-state index contributed by atoms with van der Waals surface area (Å²) in [5.74, 6) is 0.756. The third-order valence-electron chi connectivity index (χ3n) is 4.70. The van der Waals surface area contributed by atoms with Crippen molar-refractivity contribution in [1.29, 1.82) is 0 Å². The number of hydrogen-bond acceptors (Lipinski definition) is 5. The van der Waals surface area contributed by atoms with Gasteiger partial charge in [-0.15, -0.1) is 0 Å². The summed E-state index contributed by atoms with van der Waals surface area (Å²) < 4.78 is 39.7. The second kappa shape index (κ2) is 7.92. The predicted octanol–water partition coefficient (Wildman–Crippen LogP) is 2.56. The van der Waals surface area contributed by atoms with Crippen LogP contribution < -0.4 is 4.72 Å². The quantitative estimate of drug-likeness (QED) is 0.836. The van der Waals surface area contributed by atoms with Crippen LogP contribution in [0, 0.1) is 20.8 Å². The first-order chi connectivity index (χ1) is 12.4. The number of nitrogens with zero attached hydrogens (tertiary/aromatic N) is 1. The van der Waals surface area contributed by atoms with E-state index in [-0.39, 0.29) is 12.6 Å². The Morgan fingerprint density at radius 1 is 1.15 bits per heavy atom. The van der Waals surface area contributed by atoms with Crippen LogP contribution in [0.4, 0.5) is 0 Å². The first-order valence-corrected chi connectivity index (χ1v) is 10.3. The van der Waals surface area contributed by atoms with Crippen LogP contribution in [0.15, 0.2) is 39.8 Å². The molecule has 1 aromatic heterocycles. The Morgan fingerprint density at radius 2 is 1.81 bits per heavy atom. The maximum atomic E-state index is 13.0. The number of nitrogens with one attached hydrogen (secondary N) is 1. The molecule has 1 saturated heterocycles. The van der Waals surface area contributed by atoms with Crippen molar-refractivity contribution in [3.05, 3.63) is 53.0 Å². The fourth-order valence-electron chi connectivity index (χ4n) is 3.63. The zero-order valence-electron chi connectivity index (χ0n) is 15.5. The molecule has 1 aromatic carbocycles. The van der Waals surface area contributed by atoms with Gasteiger partial charge in [-0.05, 0) is 44.0 Å². The van der Waals surface area contributed by atoms with E-state index >= 15 is 0 Å². The minimum atomic E-state index is -3.61. The Kier molecular flexibility index (Phi) is 5.82. The van der Waals surface area contributed by atoms with Crippen LogP contribution in [0.25, 0.3) is 0 Å². The molecule has 1 N–H and O–H groups in total. The van der Waals surface area contributed by atoms with E-state index in [9.17, 15) is 8.42 Å². The lowest BCUT2D eigenvalue weighted by atomic mass is 10.1. The third kappa shape index (κ3) is 4.17. The Bertz CT molecular complexity index is 817. The van der Waals surface area contributed by atoms with Gasteiger partial charge in [0.2, 0.25) is 10.0 Å². The molecule has 142 valence electrons. The number of benzene rings is 1. The molecule has 0 saturated carbocycles. The second-order valence-electron chi connectivity index (χ2n) is 6.76. The Hall–Kier alpha value is -1.67. The summed E-state index contributed by atoms with van der Waals surface area (Å²) in [6.07, 6.45) is 1.62. The van der Waals surface area contributed by atoms with Crippen molar-refractivity contribution >= 4 is 10.0 Å². The molecule has 0 bridgehead atoms. The molecule has 2 aromatic rings. The highest BCUT2D eigenvalue weighted by Gasteiger charge is 2.28. The second-order valence-corrected chi connectivity index (χ2v) is 8.46. The summed E-state index contributed by atoms with van der Waals surface area (Å²) in [6, 6.07) is 7.35. The molecule has 0 amide bonds. The van der Waals surface area contributed by atoms with E-state index in [2.05, 4.69) is 9.62 Å². The summed E-state index contributed by atoms with van der Waals surface area (Å²) in [5, 5.41) is 0. The third-order valence-corrected chi connectivity index (χ3v) is 6.43. The van der Waals surface area contributed by atoms with Crippen molar-refractivity contribution in [3.8, 4) is 0 Å². The van der Waals surface area contributed by atoms with Gasteiger partial charge in [-0.2, -0.15) is 0 Å². The number of rotatable bonds is 6. The summed E-state index contributed by atoms with van der Waals surface area (Å²) in [4.78, 5) is 2.56. The molecule has 3 rings (SSSR count). The zero-order valence-corrected chi connectivity index (χ0v) is 16.3. The molecule has 26 heavy (non-hydrogen) atoms. The first-order valence-electron chi connectivity index (χ1n) is 8.81. The number of furan rings is 1. The number of morpholine rings is 1. The lowest BCUT2D eigenvalue weighted by Gasteiger charge is -2.33. The largest absolute Gasteiger partial charge is 0.468 e. The van der Waals surface area contributed by atoms with Crippen molar-refractivity contribution in [2.45, 2.75) is 31.7 Å². The van der Waals surface area contributed by atoms with Gasteiger partial charge in [0.25, 0.3) is 0 Å². The normalized spacial score (nSPS) is 17.3. The molecule has 0 unspecified atom stereocenters. The van der Waals surface area contributed by atoms with Crippen molar-refractivity contribution in [2.75, 3.05) is 32.8 Å². The average Bonchev–Trinajstić information content (AvgIpc) is 3.09. The van der Waals surface area contributed by atoms with Crippen molar-refractivity contribution in [3.63, 3.8) is 0 Å². The Balaban J connectivity index is 1.82. The summed E-state index contributed by atoms with van der Waals surface area (Å²) in [7, 11) is -3.61. The standard InChI is InChI=1S/C19H26N2O4S/c1-14-11-15(2)19(16(3)12-14)26(22,23)20-13-17(18-5-4-8-25-18)21-6-9-24-10-7-21/h4-5,8,11-12,17,20H,6-7,9-10,13H2,1-3H3/t17-/m1/s1. The Labute approximate surface area is 155 Å². The van der Waals surface area contributed by atoms with E-state index in [1.54, 1.807) is 6.26 Å². The molecule has 1 atom stereocenters. The topological polar surface area (TPSA) is 71.8 Å². The average molecular weight is 378 g/mol. The predicted molar refractivity (Wildman–Crippen MR) is 99.7 cm³/mol. The highest BCUT2D eigenvalue weighted by atomic mass is 32.2. The molecule has 1 fully saturated rings. The van der Waals surface area contributed by atoms with Gasteiger partial charge in [-0.1, -0.05) is 17.7 Å². The van der Waals surface area contributed by atoms with Gasteiger partial charge >= 0.3 is 0 Å². The minimum absolute atomic E-state index is 0.158. The highest BCUT2D eigenvalue weighted by Crippen LogP contribution is 2.25.